The quantitative estimate of drug-likeness (QED) is 0.510. The molecule has 2 saturated heterocycles. The van der Waals surface area contributed by atoms with E-state index in [-0.39, 0.29) is 29.4 Å². The van der Waals surface area contributed by atoms with Crippen molar-refractivity contribution >= 4 is 5.95 Å². The molecule has 2 aromatic heterocycles. The number of aromatic nitrogens is 4. The number of benzene rings is 1. The number of piperidine rings is 2. The Balaban J connectivity index is 1.27. The largest absolute Gasteiger partial charge is 0.507 e. The van der Waals surface area contributed by atoms with E-state index in [1.54, 1.807) is 31.6 Å². The van der Waals surface area contributed by atoms with Crippen LogP contribution < -0.4 is 15.8 Å². The van der Waals surface area contributed by atoms with Gasteiger partial charge in [-0.15, -0.1) is 10.2 Å². The molecule has 7 rings (SSSR count). The summed E-state index contributed by atoms with van der Waals surface area (Å²) in [6.45, 7) is 0. The van der Waals surface area contributed by atoms with Crippen LogP contribution in [0.15, 0.2) is 47.5 Å². The maximum Gasteiger partial charge on any atom is 0.250 e. The third kappa shape index (κ3) is 3.96. The van der Waals surface area contributed by atoms with E-state index < -0.39 is 18.3 Å². The van der Waals surface area contributed by atoms with E-state index in [2.05, 4.69) is 20.5 Å². The van der Waals surface area contributed by atoms with Crippen LogP contribution in [0.25, 0.3) is 22.4 Å². The molecule has 3 aromatic rings. The molecule has 5 atom stereocenters. The van der Waals surface area contributed by atoms with Gasteiger partial charge in [-0.05, 0) is 55.0 Å². The maximum absolute atomic E-state index is 14.7. The lowest BCUT2D eigenvalue weighted by molar-refractivity contribution is -0.0661. The first kappa shape index (κ1) is 22.1. The summed E-state index contributed by atoms with van der Waals surface area (Å²) >= 11 is 0. The summed E-state index contributed by atoms with van der Waals surface area (Å²) < 4.78 is 16.2. The topological polar surface area (TPSA) is 116 Å². The van der Waals surface area contributed by atoms with Crippen molar-refractivity contribution in [3.63, 3.8) is 0 Å². The molecule has 3 N–H and O–H groups in total. The van der Waals surface area contributed by atoms with Gasteiger partial charge in [0.25, 0.3) is 5.56 Å². The van der Waals surface area contributed by atoms with Gasteiger partial charge in [-0.25, -0.2) is 9.37 Å². The Morgan fingerprint density at radius 1 is 1.14 bits per heavy atom. The van der Waals surface area contributed by atoms with Crippen molar-refractivity contribution in [3.05, 3.63) is 53.1 Å². The highest BCUT2D eigenvalue weighted by Crippen LogP contribution is 2.43. The number of rotatable bonds is 5. The summed E-state index contributed by atoms with van der Waals surface area (Å²) in [6, 6.07) is 8.42. The predicted octanol–water partition coefficient (Wildman–Crippen LogP) is 1.99. The molecule has 1 aromatic carbocycles. The molecule has 0 radical (unpaired) electrons. The van der Waals surface area contributed by atoms with Crippen molar-refractivity contribution in [1.82, 2.24) is 25.1 Å². The standard InChI is InChI=1S/C25H27FN6O3/c1-31-7-6-14(9-22(31)34)13-2-5-17(21(33)8-13)19-12-27-25(30-29-19)32(16-3-4-16)20-11-15-10-18(26)23(20)24(35)28-15/h2,5-9,12,15-16,18,20,23-24,28,33,35H,3-4,10-11H2,1H3/t15?,18-,20+,23?,24+/m1/s1. The van der Waals surface area contributed by atoms with E-state index in [0.29, 0.717) is 34.8 Å². The van der Waals surface area contributed by atoms with Gasteiger partial charge in [0.05, 0.1) is 12.1 Å². The van der Waals surface area contributed by atoms with Crippen molar-refractivity contribution < 1.29 is 14.6 Å². The Morgan fingerprint density at radius 3 is 2.57 bits per heavy atom. The fourth-order valence-corrected chi connectivity index (χ4v) is 5.51. The van der Waals surface area contributed by atoms with Crippen molar-refractivity contribution in [2.45, 2.75) is 56.2 Å². The summed E-state index contributed by atoms with van der Waals surface area (Å²) in [5, 5.41) is 32.9. The zero-order valence-electron chi connectivity index (χ0n) is 19.3. The minimum atomic E-state index is -1.07. The van der Waals surface area contributed by atoms with Crippen LogP contribution >= 0.6 is 0 Å². The average molecular weight is 479 g/mol. The van der Waals surface area contributed by atoms with Gasteiger partial charge in [0.1, 0.15) is 23.8 Å². The number of hydrogen-bond donors (Lipinski definition) is 3. The molecule has 2 unspecified atom stereocenters. The number of anilines is 1. The van der Waals surface area contributed by atoms with Gasteiger partial charge in [-0.2, -0.15) is 0 Å². The highest BCUT2D eigenvalue weighted by molar-refractivity contribution is 5.73. The molecule has 182 valence electrons. The molecule has 0 amide bonds. The number of pyridine rings is 1. The van der Waals surface area contributed by atoms with E-state index >= 15 is 0 Å². The zero-order chi connectivity index (χ0) is 24.3. The van der Waals surface area contributed by atoms with Crippen LogP contribution in [-0.2, 0) is 7.05 Å². The number of phenolic OH excluding ortho intramolecular Hbond substituents is 1. The van der Waals surface area contributed by atoms with Crippen LogP contribution in [-0.4, -0.2) is 60.5 Å². The van der Waals surface area contributed by atoms with E-state index in [4.69, 9.17) is 0 Å². The highest BCUT2D eigenvalue weighted by atomic mass is 19.1. The number of phenols is 1. The molecule has 2 saturated carbocycles. The Morgan fingerprint density at radius 2 is 1.94 bits per heavy atom. The molecule has 2 aliphatic heterocycles. The van der Waals surface area contributed by atoms with Crippen LogP contribution in [0.2, 0.25) is 0 Å². The minimum absolute atomic E-state index is 0.00475. The number of aromatic hydroxyl groups is 1. The average Bonchev–Trinajstić information content (AvgIpc) is 3.66. The van der Waals surface area contributed by atoms with Gasteiger partial charge in [0.2, 0.25) is 5.95 Å². The molecular formula is C25H27FN6O3. The number of hydrogen-bond acceptors (Lipinski definition) is 8. The van der Waals surface area contributed by atoms with Crippen LogP contribution in [0.5, 0.6) is 5.75 Å². The SMILES string of the molecule is Cn1ccc(-c2ccc(-c3cnc(N(C4CC4)[C@H]4CC5C[C@@H](F)C4[C@H](O)N5)nn3)c(O)c2)cc1=O. The monoisotopic (exact) mass is 478 g/mol. The molecule has 10 heteroatoms. The molecule has 4 fully saturated rings. The van der Waals surface area contributed by atoms with Crippen molar-refractivity contribution in [2.24, 2.45) is 13.0 Å². The Kier molecular flexibility index (Phi) is 5.30. The fourth-order valence-electron chi connectivity index (χ4n) is 5.51. The predicted molar refractivity (Wildman–Crippen MR) is 127 cm³/mol. The van der Waals surface area contributed by atoms with Gasteiger partial charge >= 0.3 is 0 Å². The summed E-state index contributed by atoms with van der Waals surface area (Å²) in [6.07, 6.45) is 4.40. The molecule has 2 aliphatic carbocycles. The van der Waals surface area contributed by atoms with E-state index in [9.17, 15) is 19.4 Å². The third-order valence-corrected chi connectivity index (χ3v) is 7.46. The van der Waals surface area contributed by atoms with Crippen LogP contribution in [0.1, 0.15) is 25.7 Å². The second-order valence-electron chi connectivity index (χ2n) is 9.82. The van der Waals surface area contributed by atoms with Crippen LogP contribution in [0.3, 0.4) is 0 Å². The third-order valence-electron chi connectivity index (χ3n) is 7.46. The molecule has 9 nitrogen and oxygen atoms in total. The van der Waals surface area contributed by atoms with E-state index in [0.717, 1.165) is 19.3 Å². The first-order valence-corrected chi connectivity index (χ1v) is 12.0. The summed E-state index contributed by atoms with van der Waals surface area (Å²) in [5.74, 6) is -0.107. The lowest BCUT2D eigenvalue weighted by Crippen LogP contribution is -2.67. The maximum atomic E-state index is 14.7. The highest BCUT2D eigenvalue weighted by Gasteiger charge is 2.52. The van der Waals surface area contributed by atoms with Gasteiger partial charge in [0.15, 0.2) is 0 Å². The Labute approximate surface area is 201 Å². The Hall–Kier alpha value is -3.37. The Bertz CT molecular complexity index is 1300. The molecule has 0 spiro atoms. The second-order valence-corrected chi connectivity index (χ2v) is 9.82. The number of nitrogens with one attached hydrogen (secondary N) is 1. The number of aliphatic hydroxyl groups is 1. The van der Waals surface area contributed by atoms with E-state index in [1.165, 1.54) is 10.6 Å². The lowest BCUT2D eigenvalue weighted by atomic mass is 9.74. The molecular weight excluding hydrogens is 451 g/mol. The minimum Gasteiger partial charge on any atom is -0.507 e. The number of nitrogens with zero attached hydrogens (tertiary/aromatic N) is 5. The number of aryl methyl sites for hydroxylation is 1. The first-order chi connectivity index (χ1) is 16.9. The number of fused-ring (bicyclic) bond motifs is 3. The number of halogens is 1. The zero-order valence-corrected chi connectivity index (χ0v) is 19.3. The van der Waals surface area contributed by atoms with Gasteiger partial charge in [-0.1, -0.05) is 6.07 Å². The van der Waals surface area contributed by atoms with Gasteiger partial charge in [-0.3, -0.25) is 10.1 Å². The second kappa shape index (κ2) is 8.39. The van der Waals surface area contributed by atoms with E-state index in [1.807, 2.05) is 17.0 Å². The normalized spacial score (nSPS) is 27.7. The van der Waals surface area contributed by atoms with Crippen molar-refractivity contribution in [3.8, 4) is 28.1 Å². The first-order valence-electron chi connectivity index (χ1n) is 12.0. The van der Waals surface area contributed by atoms with Crippen molar-refractivity contribution in [1.29, 1.82) is 0 Å². The molecule has 35 heavy (non-hydrogen) atoms. The fraction of sp³-hybridized carbons (Fsp3) is 0.440. The van der Waals surface area contributed by atoms with Gasteiger partial charge < -0.3 is 19.7 Å². The van der Waals surface area contributed by atoms with Gasteiger partial charge in [0, 0.05) is 43.0 Å². The summed E-state index contributed by atoms with van der Waals surface area (Å²) in [4.78, 5) is 18.5. The molecule has 2 bridgehead atoms. The number of alkyl halides is 1. The molecule has 4 heterocycles. The van der Waals surface area contributed by atoms with Crippen molar-refractivity contribution in [2.75, 3.05) is 4.90 Å². The smallest absolute Gasteiger partial charge is 0.250 e. The number of aliphatic hydroxyl groups excluding tert-OH is 1. The lowest BCUT2D eigenvalue weighted by Gasteiger charge is -2.51. The summed E-state index contributed by atoms with van der Waals surface area (Å²) in [5.41, 5.74) is 2.17. The van der Waals surface area contributed by atoms with Crippen LogP contribution in [0.4, 0.5) is 10.3 Å². The van der Waals surface area contributed by atoms with Crippen LogP contribution in [0, 0.1) is 5.92 Å². The summed E-state index contributed by atoms with van der Waals surface area (Å²) in [7, 11) is 1.68. The molecule has 4 aliphatic rings.